The van der Waals surface area contributed by atoms with Gasteiger partial charge in [0.2, 0.25) is 5.91 Å². The van der Waals surface area contributed by atoms with Gasteiger partial charge in [-0.25, -0.2) is 0 Å². The van der Waals surface area contributed by atoms with E-state index in [4.69, 9.17) is 0 Å². The van der Waals surface area contributed by atoms with E-state index in [9.17, 15) is 9.59 Å². The second-order valence-electron chi connectivity index (χ2n) is 6.39. The van der Waals surface area contributed by atoms with Gasteiger partial charge in [0.15, 0.2) is 0 Å². The van der Waals surface area contributed by atoms with Crippen molar-refractivity contribution in [2.24, 2.45) is 5.92 Å². The largest absolute Gasteiger partial charge is 0.349 e. The number of carbonyl (C=O) groups excluding carboxylic acids is 2. The molecule has 1 saturated carbocycles. The molecule has 4 heteroatoms. The predicted octanol–water partition coefficient (Wildman–Crippen LogP) is 3.73. The van der Waals surface area contributed by atoms with Gasteiger partial charge in [-0.3, -0.25) is 9.59 Å². The van der Waals surface area contributed by atoms with Crippen LogP contribution in [0.25, 0.3) is 0 Å². The molecule has 0 unspecified atom stereocenters. The molecule has 1 fully saturated rings. The maximum atomic E-state index is 12.4. The Bertz CT molecular complexity index is 518. The van der Waals surface area contributed by atoms with Crippen LogP contribution in [0.15, 0.2) is 24.3 Å². The van der Waals surface area contributed by atoms with Crippen molar-refractivity contribution in [1.82, 2.24) is 5.32 Å². The lowest BCUT2D eigenvalue weighted by atomic mass is 10.1. The number of nitrogens with one attached hydrogen (secondary N) is 2. The van der Waals surface area contributed by atoms with Crippen molar-refractivity contribution in [3.05, 3.63) is 29.8 Å². The van der Waals surface area contributed by atoms with E-state index in [1.807, 2.05) is 19.9 Å². The highest BCUT2D eigenvalue weighted by molar-refractivity contribution is 5.97. The minimum Gasteiger partial charge on any atom is -0.349 e. The van der Waals surface area contributed by atoms with Crippen LogP contribution in [0, 0.1) is 5.92 Å². The van der Waals surface area contributed by atoms with Gasteiger partial charge in [-0.05, 0) is 31.0 Å². The van der Waals surface area contributed by atoms with Gasteiger partial charge in [0.1, 0.15) is 0 Å². The van der Waals surface area contributed by atoms with Crippen LogP contribution in [-0.2, 0) is 4.79 Å². The van der Waals surface area contributed by atoms with Crippen LogP contribution in [0.2, 0.25) is 0 Å². The van der Waals surface area contributed by atoms with E-state index in [1.54, 1.807) is 18.2 Å². The second kappa shape index (κ2) is 7.97. The number of amides is 2. The van der Waals surface area contributed by atoms with Gasteiger partial charge in [0, 0.05) is 23.2 Å². The van der Waals surface area contributed by atoms with Crippen molar-refractivity contribution in [2.45, 2.75) is 58.4 Å². The minimum absolute atomic E-state index is 0.0404. The molecular weight excluding hydrogens is 276 g/mol. The molecule has 0 atom stereocenters. The topological polar surface area (TPSA) is 58.2 Å². The van der Waals surface area contributed by atoms with E-state index in [-0.39, 0.29) is 23.8 Å². The molecule has 1 aromatic rings. The molecule has 0 saturated heterocycles. The summed E-state index contributed by atoms with van der Waals surface area (Å²) in [4.78, 5) is 24.1. The van der Waals surface area contributed by atoms with Gasteiger partial charge in [-0.2, -0.15) is 0 Å². The highest BCUT2D eigenvalue weighted by Gasteiger charge is 2.16. The van der Waals surface area contributed by atoms with Crippen molar-refractivity contribution >= 4 is 17.5 Å². The van der Waals surface area contributed by atoms with Gasteiger partial charge in [0.25, 0.3) is 5.91 Å². The predicted molar refractivity (Wildman–Crippen MR) is 88.9 cm³/mol. The molecule has 2 amide bonds. The SMILES string of the molecule is CC(C)C(=O)Nc1cccc(C(=O)NC2CCCCCC2)c1. The van der Waals surface area contributed by atoms with Crippen molar-refractivity contribution in [2.75, 3.05) is 5.32 Å². The third-order valence-corrected chi connectivity index (χ3v) is 4.11. The highest BCUT2D eigenvalue weighted by Crippen LogP contribution is 2.18. The standard InChI is InChI=1S/C18H26N2O2/c1-13(2)17(21)20-16-11-7-8-14(12-16)18(22)19-15-9-5-3-4-6-10-15/h7-8,11-13,15H,3-6,9-10H2,1-2H3,(H,19,22)(H,20,21). The average molecular weight is 302 g/mol. The normalized spacial score (nSPS) is 16.1. The maximum Gasteiger partial charge on any atom is 0.251 e. The van der Waals surface area contributed by atoms with Gasteiger partial charge < -0.3 is 10.6 Å². The minimum atomic E-state index is -0.0801. The zero-order valence-corrected chi connectivity index (χ0v) is 13.5. The summed E-state index contributed by atoms with van der Waals surface area (Å²) in [6, 6.07) is 7.42. The van der Waals surface area contributed by atoms with Crippen molar-refractivity contribution < 1.29 is 9.59 Å². The fourth-order valence-electron chi connectivity index (χ4n) is 2.72. The van der Waals surface area contributed by atoms with Crippen molar-refractivity contribution in [1.29, 1.82) is 0 Å². The van der Waals surface area contributed by atoms with Crippen molar-refractivity contribution in [3.63, 3.8) is 0 Å². The van der Waals surface area contributed by atoms with Crippen LogP contribution in [-0.4, -0.2) is 17.9 Å². The summed E-state index contributed by atoms with van der Waals surface area (Å²) < 4.78 is 0. The number of rotatable bonds is 4. The molecule has 4 nitrogen and oxygen atoms in total. The summed E-state index contributed by atoms with van der Waals surface area (Å²) in [5.74, 6) is -0.169. The first-order chi connectivity index (χ1) is 10.6. The van der Waals surface area contributed by atoms with Gasteiger partial charge in [-0.1, -0.05) is 45.6 Å². The van der Waals surface area contributed by atoms with E-state index in [1.165, 1.54) is 25.7 Å². The summed E-state index contributed by atoms with van der Waals surface area (Å²) in [5, 5.41) is 5.96. The molecule has 0 aliphatic heterocycles. The zero-order chi connectivity index (χ0) is 15.9. The van der Waals surface area contributed by atoms with Crippen LogP contribution in [0.3, 0.4) is 0 Å². The number of hydrogen-bond donors (Lipinski definition) is 2. The lowest BCUT2D eigenvalue weighted by Crippen LogP contribution is -2.34. The van der Waals surface area contributed by atoms with E-state index in [0.717, 1.165) is 12.8 Å². The fraction of sp³-hybridized carbons (Fsp3) is 0.556. The Balaban J connectivity index is 1.98. The molecule has 0 heterocycles. The van der Waals surface area contributed by atoms with Gasteiger partial charge in [0.05, 0.1) is 0 Å². The van der Waals surface area contributed by atoms with Crippen LogP contribution in [0.4, 0.5) is 5.69 Å². The summed E-state index contributed by atoms with van der Waals surface area (Å²) in [6.45, 7) is 3.69. The molecule has 22 heavy (non-hydrogen) atoms. The molecular formula is C18H26N2O2. The Morgan fingerprint density at radius 3 is 2.41 bits per heavy atom. The smallest absolute Gasteiger partial charge is 0.251 e. The molecule has 0 aromatic heterocycles. The van der Waals surface area contributed by atoms with Crippen LogP contribution in [0.5, 0.6) is 0 Å². The highest BCUT2D eigenvalue weighted by atomic mass is 16.2. The first kappa shape index (κ1) is 16.5. The average Bonchev–Trinajstić information content (AvgIpc) is 2.76. The second-order valence-corrected chi connectivity index (χ2v) is 6.39. The molecule has 0 bridgehead atoms. The lowest BCUT2D eigenvalue weighted by Gasteiger charge is -2.16. The molecule has 0 spiro atoms. The van der Waals surface area contributed by atoms with Gasteiger partial charge >= 0.3 is 0 Å². The Labute approximate surface area is 132 Å². The summed E-state index contributed by atoms with van der Waals surface area (Å²) in [7, 11) is 0. The van der Waals surface area contributed by atoms with E-state index in [2.05, 4.69) is 10.6 Å². The monoisotopic (exact) mass is 302 g/mol. The van der Waals surface area contributed by atoms with E-state index < -0.39 is 0 Å². The fourth-order valence-corrected chi connectivity index (χ4v) is 2.72. The molecule has 1 aliphatic carbocycles. The molecule has 120 valence electrons. The van der Waals surface area contributed by atoms with Gasteiger partial charge in [-0.15, -0.1) is 0 Å². The van der Waals surface area contributed by atoms with E-state index in [0.29, 0.717) is 11.3 Å². The number of benzene rings is 1. The summed E-state index contributed by atoms with van der Waals surface area (Å²) >= 11 is 0. The van der Waals surface area contributed by atoms with Crippen LogP contribution >= 0.6 is 0 Å². The number of anilines is 1. The third-order valence-electron chi connectivity index (χ3n) is 4.11. The molecule has 0 radical (unpaired) electrons. The van der Waals surface area contributed by atoms with Crippen LogP contribution in [0.1, 0.15) is 62.7 Å². The Kier molecular flexibility index (Phi) is 5.99. The Morgan fingerprint density at radius 2 is 1.77 bits per heavy atom. The lowest BCUT2D eigenvalue weighted by molar-refractivity contribution is -0.118. The zero-order valence-electron chi connectivity index (χ0n) is 13.5. The Hall–Kier alpha value is -1.84. The molecule has 1 aliphatic rings. The number of carbonyl (C=O) groups is 2. The quantitative estimate of drug-likeness (QED) is 0.833. The third kappa shape index (κ3) is 4.86. The molecule has 2 rings (SSSR count). The first-order valence-corrected chi connectivity index (χ1v) is 8.28. The molecule has 2 N–H and O–H groups in total. The summed E-state index contributed by atoms with van der Waals surface area (Å²) in [6.07, 6.45) is 7.04. The first-order valence-electron chi connectivity index (χ1n) is 8.28. The summed E-state index contributed by atoms with van der Waals surface area (Å²) in [5.41, 5.74) is 1.28. The maximum absolute atomic E-state index is 12.4. The van der Waals surface area contributed by atoms with E-state index >= 15 is 0 Å². The van der Waals surface area contributed by atoms with Crippen molar-refractivity contribution in [3.8, 4) is 0 Å². The number of hydrogen-bond acceptors (Lipinski definition) is 2. The Morgan fingerprint density at radius 1 is 1.09 bits per heavy atom. The van der Waals surface area contributed by atoms with Crippen LogP contribution < -0.4 is 10.6 Å². The molecule has 1 aromatic carbocycles.